The van der Waals surface area contributed by atoms with Gasteiger partial charge in [-0.25, -0.2) is 4.98 Å². The number of thiophene rings is 1. The van der Waals surface area contributed by atoms with Gasteiger partial charge in [0.1, 0.15) is 10.1 Å². The minimum atomic E-state index is -0.408. The van der Waals surface area contributed by atoms with E-state index < -0.39 is 5.25 Å². The molecule has 0 N–H and O–H groups in total. The van der Waals surface area contributed by atoms with E-state index in [0.29, 0.717) is 17.5 Å². The molecule has 0 aliphatic heterocycles. The molecule has 3 aromatic rings. The molecule has 2 unspecified atom stereocenters. The summed E-state index contributed by atoms with van der Waals surface area (Å²) >= 11 is 2.93. The second-order valence-electron chi connectivity index (χ2n) is 7.44. The van der Waals surface area contributed by atoms with Crippen molar-refractivity contribution in [2.45, 2.75) is 49.9 Å². The third-order valence-corrected chi connectivity index (χ3v) is 7.84. The molecule has 29 heavy (non-hydrogen) atoms. The van der Waals surface area contributed by atoms with Crippen LogP contribution in [0.15, 0.2) is 40.3 Å². The maximum Gasteiger partial charge on any atom is 0.319 e. The van der Waals surface area contributed by atoms with Crippen LogP contribution in [0.1, 0.15) is 37.1 Å². The second kappa shape index (κ2) is 8.32. The highest BCUT2D eigenvalue weighted by Crippen LogP contribution is 2.37. The number of rotatable bonds is 5. The third-order valence-electron chi connectivity index (χ3n) is 5.40. The average Bonchev–Trinajstić information content (AvgIpc) is 3.09. The Morgan fingerprint density at radius 1 is 1.38 bits per heavy atom. The van der Waals surface area contributed by atoms with Crippen molar-refractivity contribution in [2.75, 3.05) is 7.11 Å². The number of methoxy groups -OCH3 is 1. The molecule has 2 aromatic heterocycles. The number of carbonyl (C=O) groups is 1. The first-order valence-corrected chi connectivity index (χ1v) is 11.6. The van der Waals surface area contributed by atoms with Gasteiger partial charge in [0.15, 0.2) is 5.16 Å². The second-order valence-corrected chi connectivity index (χ2v) is 9.69. The van der Waals surface area contributed by atoms with Crippen molar-refractivity contribution in [3.8, 4) is 5.69 Å². The predicted molar refractivity (Wildman–Crippen MR) is 118 cm³/mol. The number of aromatic nitrogens is 2. The first kappa shape index (κ1) is 20.2. The number of esters is 1. The highest BCUT2D eigenvalue weighted by Gasteiger charge is 2.27. The van der Waals surface area contributed by atoms with Crippen LogP contribution in [-0.4, -0.2) is 27.9 Å². The lowest BCUT2D eigenvalue weighted by molar-refractivity contribution is -0.140. The number of ether oxygens (including phenoxy) is 1. The number of hydrogen-bond donors (Lipinski definition) is 0. The van der Waals surface area contributed by atoms with Gasteiger partial charge in [0.2, 0.25) is 0 Å². The van der Waals surface area contributed by atoms with E-state index in [2.05, 4.69) is 6.92 Å². The van der Waals surface area contributed by atoms with E-state index in [9.17, 15) is 9.59 Å². The van der Waals surface area contributed by atoms with Gasteiger partial charge >= 0.3 is 5.97 Å². The Morgan fingerprint density at radius 2 is 2.14 bits per heavy atom. The van der Waals surface area contributed by atoms with Crippen LogP contribution < -0.4 is 5.56 Å². The molecule has 0 saturated carbocycles. The van der Waals surface area contributed by atoms with Crippen LogP contribution in [0.2, 0.25) is 0 Å². The van der Waals surface area contributed by atoms with Gasteiger partial charge in [-0.3, -0.25) is 14.2 Å². The molecule has 5 nitrogen and oxygen atoms in total. The van der Waals surface area contributed by atoms with Gasteiger partial charge in [-0.15, -0.1) is 11.3 Å². The summed E-state index contributed by atoms with van der Waals surface area (Å²) in [4.78, 5) is 32.8. The van der Waals surface area contributed by atoms with Gasteiger partial charge in [-0.2, -0.15) is 0 Å². The Hall–Kier alpha value is -2.12. The number of nitrogens with zero attached hydrogens (tertiary/aromatic N) is 2. The van der Waals surface area contributed by atoms with Crippen molar-refractivity contribution < 1.29 is 9.53 Å². The molecular weight excluding hydrogens is 404 g/mol. The van der Waals surface area contributed by atoms with E-state index in [1.807, 2.05) is 37.3 Å². The van der Waals surface area contributed by atoms with Crippen molar-refractivity contribution in [2.24, 2.45) is 5.92 Å². The molecule has 0 bridgehead atoms. The molecule has 0 radical (unpaired) electrons. The highest BCUT2D eigenvalue weighted by molar-refractivity contribution is 8.00. The topological polar surface area (TPSA) is 61.2 Å². The molecule has 4 rings (SSSR count). The Bertz CT molecular complexity index is 1100. The Morgan fingerprint density at radius 3 is 2.83 bits per heavy atom. The number of thioether (sulfide) groups is 1. The lowest BCUT2D eigenvalue weighted by atomic mass is 9.89. The summed E-state index contributed by atoms with van der Waals surface area (Å²) in [7, 11) is 1.39. The molecule has 152 valence electrons. The summed E-state index contributed by atoms with van der Waals surface area (Å²) in [5, 5.41) is 0.878. The highest BCUT2D eigenvalue weighted by atomic mass is 32.2. The van der Waals surface area contributed by atoms with Crippen LogP contribution in [0.25, 0.3) is 15.9 Å². The molecule has 1 aliphatic rings. The fourth-order valence-corrected chi connectivity index (χ4v) is 6.29. The van der Waals surface area contributed by atoms with Crippen molar-refractivity contribution in [1.82, 2.24) is 9.55 Å². The van der Waals surface area contributed by atoms with Crippen molar-refractivity contribution >= 4 is 39.3 Å². The molecule has 1 aromatic carbocycles. The number of benzene rings is 1. The molecule has 0 amide bonds. The summed E-state index contributed by atoms with van der Waals surface area (Å²) in [6, 6.07) is 9.54. The molecular formula is C22H24N2O3S2. The predicted octanol–water partition coefficient (Wildman–Crippen LogP) is 4.62. The summed E-state index contributed by atoms with van der Waals surface area (Å²) in [6.07, 6.45) is 3.62. The number of fused-ring (bicyclic) bond motifs is 3. The lowest BCUT2D eigenvalue weighted by Crippen LogP contribution is -2.25. The van der Waals surface area contributed by atoms with Crippen LogP contribution in [0.5, 0.6) is 0 Å². The van der Waals surface area contributed by atoms with Crippen molar-refractivity contribution in [3.63, 3.8) is 0 Å². The van der Waals surface area contributed by atoms with Crippen LogP contribution in [-0.2, 0) is 22.4 Å². The quantitative estimate of drug-likeness (QED) is 0.337. The normalized spacial score (nSPS) is 17.1. The SMILES string of the molecule is CCC(Sc1nc2sc3c(c2c(=O)n1-c1ccccc1)CCC(C)C3)C(=O)OC. The van der Waals surface area contributed by atoms with Crippen LogP contribution in [0.3, 0.4) is 0 Å². The largest absolute Gasteiger partial charge is 0.468 e. The van der Waals surface area contributed by atoms with Crippen LogP contribution in [0, 0.1) is 5.92 Å². The van der Waals surface area contributed by atoms with Crippen LogP contribution >= 0.6 is 23.1 Å². The summed E-state index contributed by atoms with van der Waals surface area (Å²) in [6.45, 7) is 4.19. The summed E-state index contributed by atoms with van der Waals surface area (Å²) < 4.78 is 6.60. The van der Waals surface area contributed by atoms with E-state index >= 15 is 0 Å². The molecule has 0 saturated heterocycles. The minimum absolute atomic E-state index is 0.0459. The number of hydrogen-bond acceptors (Lipinski definition) is 6. The average molecular weight is 429 g/mol. The first-order chi connectivity index (χ1) is 14.0. The van der Waals surface area contributed by atoms with Gasteiger partial charge in [-0.05, 0) is 49.3 Å². The molecule has 0 spiro atoms. The molecule has 2 heterocycles. The molecule has 0 fully saturated rings. The van der Waals surface area contributed by atoms with E-state index in [4.69, 9.17) is 9.72 Å². The van der Waals surface area contributed by atoms with Gasteiger partial charge in [0, 0.05) is 4.88 Å². The van der Waals surface area contributed by atoms with E-state index in [-0.39, 0.29) is 11.5 Å². The first-order valence-electron chi connectivity index (χ1n) is 9.90. The van der Waals surface area contributed by atoms with Gasteiger partial charge < -0.3 is 4.74 Å². The van der Waals surface area contributed by atoms with Gasteiger partial charge in [0.25, 0.3) is 5.56 Å². The zero-order valence-electron chi connectivity index (χ0n) is 16.8. The van der Waals surface area contributed by atoms with E-state index in [0.717, 1.165) is 35.2 Å². The Kier molecular flexibility index (Phi) is 5.79. The van der Waals surface area contributed by atoms with E-state index in [1.54, 1.807) is 15.9 Å². The number of para-hydroxylation sites is 1. The zero-order valence-corrected chi connectivity index (χ0v) is 18.4. The van der Waals surface area contributed by atoms with Crippen molar-refractivity contribution in [3.05, 3.63) is 51.1 Å². The van der Waals surface area contributed by atoms with Gasteiger partial charge in [-0.1, -0.05) is 43.8 Å². The Balaban J connectivity index is 1.94. The fraction of sp³-hybridized carbons (Fsp3) is 0.409. The smallest absolute Gasteiger partial charge is 0.319 e. The van der Waals surface area contributed by atoms with Crippen molar-refractivity contribution in [1.29, 1.82) is 0 Å². The summed E-state index contributed by atoms with van der Waals surface area (Å²) in [5.41, 5.74) is 1.88. The standard InChI is InChI=1S/C22H24N2O3S2/c1-4-16(21(26)27-3)29-22-23-19-18(15-11-10-13(2)12-17(15)28-19)20(25)24(22)14-8-6-5-7-9-14/h5-9,13,16H,4,10-12H2,1-3H3. The lowest BCUT2D eigenvalue weighted by Gasteiger charge is -2.18. The molecule has 7 heteroatoms. The monoisotopic (exact) mass is 428 g/mol. The minimum Gasteiger partial charge on any atom is -0.468 e. The van der Waals surface area contributed by atoms with E-state index in [1.165, 1.54) is 29.3 Å². The number of carbonyl (C=O) groups excluding carboxylic acids is 1. The zero-order chi connectivity index (χ0) is 20.5. The van der Waals surface area contributed by atoms with Gasteiger partial charge in [0.05, 0.1) is 18.2 Å². The Labute approximate surface area is 178 Å². The fourth-order valence-electron chi connectivity index (χ4n) is 3.81. The maximum absolute atomic E-state index is 13.7. The molecule has 1 aliphatic carbocycles. The molecule has 2 atom stereocenters. The number of aryl methyl sites for hydroxylation is 1. The third kappa shape index (κ3) is 3.73. The summed E-state index contributed by atoms with van der Waals surface area (Å²) in [5.74, 6) is 0.329. The van der Waals surface area contributed by atoms with Crippen LogP contribution in [0.4, 0.5) is 0 Å². The maximum atomic E-state index is 13.7.